The molecule has 3 N–H and O–H groups in total. The van der Waals surface area contributed by atoms with E-state index in [2.05, 4.69) is 16.0 Å². The summed E-state index contributed by atoms with van der Waals surface area (Å²) >= 11 is 5.42. The Bertz CT molecular complexity index is 1820. The van der Waals surface area contributed by atoms with Gasteiger partial charge in [0, 0.05) is 65.3 Å². The monoisotopic (exact) mass is 626 g/mol. The average molecular weight is 627 g/mol. The maximum Gasteiger partial charge on any atom is 0.340 e. The average Bonchev–Trinajstić information content (AvgIpc) is 3.33. The molecular weight excluding hydrogens is 600 g/mol. The number of carbonyl (C=O) groups excluding carboxylic acids is 2. The smallest absolute Gasteiger partial charge is 0.340 e. The molecule has 0 atom stereocenters. The summed E-state index contributed by atoms with van der Waals surface area (Å²) in [4.78, 5) is 36.2. The molecule has 0 unspecified atom stereocenters. The molecule has 0 aliphatic carbocycles. The molecule has 0 radical (unpaired) electrons. The molecular formula is C32H26N4O8S. The van der Waals surface area contributed by atoms with Crippen molar-refractivity contribution >= 4 is 40.6 Å². The minimum Gasteiger partial charge on any atom is -0.497 e. The molecule has 12 nitrogen and oxygen atoms in total. The van der Waals surface area contributed by atoms with Crippen molar-refractivity contribution in [3.05, 3.63) is 117 Å². The predicted octanol–water partition coefficient (Wildman–Crippen LogP) is 4.90. The van der Waals surface area contributed by atoms with Gasteiger partial charge in [-0.15, -0.1) is 0 Å². The number of fused-ring (bicyclic) bond motifs is 6. The minimum atomic E-state index is -1.26. The fourth-order valence-corrected chi connectivity index (χ4v) is 5.63. The molecule has 0 saturated heterocycles. The van der Waals surface area contributed by atoms with Gasteiger partial charge in [-0.25, -0.2) is 4.79 Å². The highest BCUT2D eigenvalue weighted by atomic mass is 32.1. The minimum absolute atomic E-state index is 0.166. The van der Waals surface area contributed by atoms with Crippen LogP contribution in [0.15, 0.2) is 78.9 Å². The number of carbonyl (C=O) groups is 2. The van der Waals surface area contributed by atoms with Crippen molar-refractivity contribution in [1.82, 2.24) is 10.6 Å². The fraction of sp³-hybridized carbons (Fsp3) is 0.156. The lowest BCUT2D eigenvalue weighted by molar-refractivity contribution is -0.384. The van der Waals surface area contributed by atoms with Gasteiger partial charge in [-0.3, -0.25) is 14.9 Å². The molecule has 2 aliphatic heterocycles. The third-order valence-corrected chi connectivity index (χ3v) is 7.74. The SMILES string of the molecule is COc1ccc2c(c1)Oc1cc(OC)ccc1C21OC(=O)c2cc(NC(=S)NCCNC(=O)c3cccc([N+](=O)[O-])c3)ccc21. The van der Waals surface area contributed by atoms with Crippen LogP contribution in [0.3, 0.4) is 0 Å². The van der Waals surface area contributed by atoms with E-state index in [1.807, 2.05) is 18.2 Å². The number of anilines is 1. The number of amides is 1. The Labute approximate surface area is 262 Å². The Hall–Kier alpha value is -5.69. The van der Waals surface area contributed by atoms with E-state index >= 15 is 0 Å². The number of hydrogen-bond acceptors (Lipinski definition) is 9. The number of methoxy groups -OCH3 is 2. The van der Waals surface area contributed by atoms with Gasteiger partial charge in [0.05, 0.1) is 24.7 Å². The second kappa shape index (κ2) is 11.8. The summed E-state index contributed by atoms with van der Waals surface area (Å²) in [6, 6.07) is 21.5. The van der Waals surface area contributed by atoms with Gasteiger partial charge in [0.15, 0.2) is 10.7 Å². The highest BCUT2D eigenvalue weighted by molar-refractivity contribution is 7.80. The normalized spacial score (nSPS) is 13.3. The molecule has 2 aliphatic rings. The van der Waals surface area contributed by atoms with Crippen molar-refractivity contribution in [2.45, 2.75) is 5.60 Å². The van der Waals surface area contributed by atoms with Gasteiger partial charge in [0.1, 0.15) is 23.0 Å². The van der Waals surface area contributed by atoms with Crippen molar-refractivity contribution in [2.24, 2.45) is 0 Å². The van der Waals surface area contributed by atoms with E-state index in [1.54, 1.807) is 50.6 Å². The summed E-state index contributed by atoms with van der Waals surface area (Å²) in [5.41, 5.74) is 1.61. The standard InChI is InChI=1S/C32H26N4O8S/c1-41-21-7-10-25-27(16-21)43-28-17-22(42-2)8-11-26(28)32(25)24-9-6-19(15-23(24)30(38)44-32)35-31(45)34-13-12-33-29(37)18-4-3-5-20(14-18)36(39)40/h3-11,14-17H,12-13H2,1-2H3,(H,33,37)(H2,34,35,45). The molecule has 2 heterocycles. The van der Waals surface area contributed by atoms with Crippen LogP contribution >= 0.6 is 12.2 Å². The molecule has 4 aromatic carbocycles. The summed E-state index contributed by atoms with van der Waals surface area (Å²) in [6.45, 7) is 0.488. The molecule has 0 aromatic heterocycles. The summed E-state index contributed by atoms with van der Waals surface area (Å²) in [5.74, 6) is 1.19. The lowest BCUT2D eigenvalue weighted by Gasteiger charge is -2.36. The molecule has 0 bridgehead atoms. The number of esters is 1. The van der Waals surface area contributed by atoms with E-state index in [4.69, 9.17) is 31.2 Å². The lowest BCUT2D eigenvalue weighted by Crippen LogP contribution is -2.36. The maximum atomic E-state index is 13.4. The van der Waals surface area contributed by atoms with Crippen LogP contribution in [0.4, 0.5) is 11.4 Å². The van der Waals surface area contributed by atoms with Crippen molar-refractivity contribution in [2.75, 3.05) is 32.6 Å². The number of benzene rings is 4. The van der Waals surface area contributed by atoms with Crippen LogP contribution in [0.25, 0.3) is 0 Å². The Kier molecular flexibility index (Phi) is 7.69. The number of nitrogens with zero attached hydrogens (tertiary/aromatic N) is 1. The van der Waals surface area contributed by atoms with Gasteiger partial charge in [-0.2, -0.15) is 0 Å². The van der Waals surface area contributed by atoms with Crippen LogP contribution in [-0.4, -0.2) is 49.2 Å². The Morgan fingerprint density at radius 1 is 0.889 bits per heavy atom. The quantitative estimate of drug-likeness (QED) is 0.0806. The first kappa shape index (κ1) is 29.4. The van der Waals surface area contributed by atoms with Crippen LogP contribution in [0.2, 0.25) is 0 Å². The van der Waals surface area contributed by atoms with Gasteiger partial charge in [-0.1, -0.05) is 12.1 Å². The molecule has 45 heavy (non-hydrogen) atoms. The van der Waals surface area contributed by atoms with Crippen LogP contribution in [0.5, 0.6) is 23.0 Å². The van der Waals surface area contributed by atoms with E-state index in [0.29, 0.717) is 50.9 Å². The van der Waals surface area contributed by atoms with Crippen molar-refractivity contribution in [1.29, 1.82) is 0 Å². The second-order valence-corrected chi connectivity index (χ2v) is 10.5. The molecule has 0 fully saturated rings. The van der Waals surface area contributed by atoms with Crippen molar-refractivity contribution in [3.8, 4) is 23.0 Å². The zero-order valence-corrected chi connectivity index (χ0v) is 24.9. The Morgan fingerprint density at radius 2 is 1.53 bits per heavy atom. The molecule has 0 saturated carbocycles. The number of rotatable bonds is 8. The summed E-state index contributed by atoms with van der Waals surface area (Å²) in [6.07, 6.45) is 0. The first-order valence-corrected chi connectivity index (χ1v) is 14.1. The lowest BCUT2D eigenvalue weighted by atomic mass is 9.77. The van der Waals surface area contributed by atoms with E-state index in [1.165, 1.54) is 24.3 Å². The van der Waals surface area contributed by atoms with E-state index < -0.39 is 22.4 Å². The topological polar surface area (TPSA) is 150 Å². The molecule has 4 aromatic rings. The van der Waals surface area contributed by atoms with E-state index in [-0.39, 0.29) is 29.5 Å². The number of nitro groups is 1. The predicted molar refractivity (Wildman–Crippen MR) is 167 cm³/mol. The highest BCUT2D eigenvalue weighted by Gasteiger charge is 2.53. The van der Waals surface area contributed by atoms with Gasteiger partial charge in [0.25, 0.3) is 11.6 Å². The molecule has 1 spiro atoms. The van der Waals surface area contributed by atoms with Gasteiger partial charge in [-0.05, 0) is 54.7 Å². The number of nitro benzene ring substituents is 1. The van der Waals surface area contributed by atoms with Gasteiger partial charge in [0.2, 0.25) is 0 Å². The van der Waals surface area contributed by atoms with Crippen LogP contribution in [0, 0.1) is 10.1 Å². The molecule has 13 heteroatoms. The van der Waals surface area contributed by atoms with E-state index in [9.17, 15) is 19.7 Å². The first-order chi connectivity index (χ1) is 21.7. The number of ether oxygens (including phenoxy) is 4. The number of thiocarbonyl (C=S) groups is 1. The molecule has 228 valence electrons. The van der Waals surface area contributed by atoms with Crippen molar-refractivity contribution < 1.29 is 33.5 Å². The second-order valence-electron chi connectivity index (χ2n) is 10.1. The highest BCUT2D eigenvalue weighted by Crippen LogP contribution is 2.57. The summed E-state index contributed by atoms with van der Waals surface area (Å²) in [7, 11) is 3.12. The first-order valence-electron chi connectivity index (χ1n) is 13.7. The Balaban J connectivity index is 1.18. The number of hydrogen-bond donors (Lipinski definition) is 3. The summed E-state index contributed by atoms with van der Waals surface area (Å²) < 4.78 is 23.3. The molecule has 6 rings (SSSR count). The van der Waals surface area contributed by atoms with Crippen molar-refractivity contribution in [3.63, 3.8) is 0 Å². The fourth-order valence-electron chi connectivity index (χ4n) is 5.41. The Morgan fingerprint density at radius 3 is 2.18 bits per heavy atom. The summed E-state index contributed by atoms with van der Waals surface area (Å²) in [5, 5.41) is 20.0. The third-order valence-electron chi connectivity index (χ3n) is 7.49. The third kappa shape index (κ3) is 5.33. The number of nitrogens with one attached hydrogen (secondary N) is 3. The zero-order chi connectivity index (χ0) is 31.7. The van der Waals surface area contributed by atoms with Crippen LogP contribution < -0.4 is 30.2 Å². The van der Waals surface area contributed by atoms with Crippen LogP contribution in [-0.2, 0) is 10.3 Å². The van der Waals surface area contributed by atoms with Crippen LogP contribution in [0.1, 0.15) is 37.4 Å². The van der Waals surface area contributed by atoms with Gasteiger partial charge >= 0.3 is 5.97 Å². The maximum absolute atomic E-state index is 13.4. The molecule has 1 amide bonds. The van der Waals surface area contributed by atoms with Gasteiger partial charge < -0.3 is 34.9 Å². The largest absolute Gasteiger partial charge is 0.497 e. The zero-order valence-electron chi connectivity index (χ0n) is 24.0. The number of non-ortho nitro benzene ring substituents is 1. The van der Waals surface area contributed by atoms with E-state index in [0.717, 1.165) is 0 Å².